The molecule has 0 atom stereocenters. The van der Waals surface area contributed by atoms with E-state index >= 15 is 0 Å². The van der Waals surface area contributed by atoms with Gasteiger partial charge in [-0.3, -0.25) is 0 Å². The summed E-state index contributed by atoms with van der Waals surface area (Å²) in [5.74, 6) is 0. The first kappa shape index (κ1) is 9.92. The summed E-state index contributed by atoms with van der Waals surface area (Å²) in [4.78, 5) is 1.01. The molecular weight excluding hydrogens is 240 g/mol. The van der Waals surface area contributed by atoms with Crippen molar-refractivity contribution in [2.24, 2.45) is 0 Å². The third-order valence-corrected chi connectivity index (χ3v) is 4.29. The lowest BCUT2D eigenvalue weighted by atomic mass is 10.0. The monoisotopic (exact) mass is 250 g/mol. The number of hydrogen-bond acceptors (Lipinski definition) is 2. The zero-order valence-corrected chi connectivity index (χ0v) is 10.4. The first-order valence-electron chi connectivity index (χ1n) is 5.87. The van der Waals surface area contributed by atoms with Crippen LogP contribution in [-0.2, 0) is 0 Å². The van der Waals surface area contributed by atoms with Crippen LogP contribution in [0.5, 0.6) is 0 Å². The Kier molecular flexibility index (Phi) is 2.05. The number of furan rings is 1. The van der Waals surface area contributed by atoms with E-state index < -0.39 is 0 Å². The second kappa shape index (κ2) is 3.72. The summed E-state index contributed by atoms with van der Waals surface area (Å²) in [7, 11) is 0. The van der Waals surface area contributed by atoms with Crippen molar-refractivity contribution in [2.75, 3.05) is 0 Å². The lowest BCUT2D eigenvalue weighted by molar-refractivity contribution is 0.624. The number of hydrogen-bond donors (Lipinski definition) is 0. The molecule has 1 nitrogen and oxygen atoms in total. The predicted molar refractivity (Wildman–Crippen MR) is 77.0 cm³/mol. The second-order valence-electron chi connectivity index (χ2n) is 4.30. The molecule has 0 amide bonds. The standard InChI is InChI=1S/C16H10OS/c1-2-4-11(5-3-1)12-6-7-15-14(10-12)13-8-9-17-16(13)18-15/h1-10H. The zero-order chi connectivity index (χ0) is 11.9. The molecule has 2 aromatic heterocycles. The molecule has 0 aliphatic heterocycles. The first-order valence-corrected chi connectivity index (χ1v) is 6.69. The summed E-state index contributed by atoms with van der Waals surface area (Å²) in [6.07, 6.45) is 1.76. The fourth-order valence-corrected chi connectivity index (χ4v) is 3.32. The maximum atomic E-state index is 5.47. The Bertz CT molecular complexity index is 824. The van der Waals surface area contributed by atoms with Gasteiger partial charge >= 0.3 is 0 Å². The molecular formula is C16H10OS. The van der Waals surface area contributed by atoms with Gasteiger partial charge in [0, 0.05) is 15.5 Å². The Hall–Kier alpha value is -2.06. The van der Waals surface area contributed by atoms with Crippen LogP contribution in [0.3, 0.4) is 0 Å². The average Bonchev–Trinajstić information content (AvgIpc) is 2.99. The zero-order valence-electron chi connectivity index (χ0n) is 9.59. The lowest BCUT2D eigenvalue weighted by Gasteiger charge is -2.01. The van der Waals surface area contributed by atoms with E-state index in [1.165, 1.54) is 26.6 Å². The topological polar surface area (TPSA) is 13.1 Å². The smallest absolute Gasteiger partial charge is 0.188 e. The normalized spacial score (nSPS) is 11.3. The summed E-state index contributed by atoms with van der Waals surface area (Å²) < 4.78 is 6.75. The van der Waals surface area contributed by atoms with Gasteiger partial charge in [-0.05, 0) is 29.3 Å². The number of thiophene rings is 1. The van der Waals surface area contributed by atoms with Crippen molar-refractivity contribution in [1.29, 1.82) is 0 Å². The van der Waals surface area contributed by atoms with Crippen molar-refractivity contribution < 1.29 is 4.42 Å². The summed E-state index contributed by atoms with van der Waals surface area (Å²) >= 11 is 1.71. The number of fused-ring (bicyclic) bond motifs is 3. The molecule has 0 radical (unpaired) electrons. The van der Waals surface area contributed by atoms with E-state index in [0.717, 1.165) is 4.90 Å². The van der Waals surface area contributed by atoms with Crippen molar-refractivity contribution >= 4 is 31.7 Å². The Morgan fingerprint density at radius 2 is 1.67 bits per heavy atom. The van der Waals surface area contributed by atoms with Crippen LogP contribution in [-0.4, -0.2) is 0 Å². The van der Waals surface area contributed by atoms with Crippen LogP contribution in [0.15, 0.2) is 65.3 Å². The van der Waals surface area contributed by atoms with Crippen LogP contribution in [0.2, 0.25) is 0 Å². The van der Waals surface area contributed by atoms with Crippen LogP contribution < -0.4 is 0 Å². The molecule has 0 aliphatic carbocycles. The van der Waals surface area contributed by atoms with E-state index in [1.807, 2.05) is 12.1 Å². The third-order valence-electron chi connectivity index (χ3n) is 3.21. The van der Waals surface area contributed by atoms with Gasteiger partial charge in [0.1, 0.15) is 0 Å². The molecule has 2 heteroatoms. The van der Waals surface area contributed by atoms with Crippen LogP contribution in [0.4, 0.5) is 0 Å². The molecule has 0 N–H and O–H groups in total. The minimum absolute atomic E-state index is 1.01. The summed E-state index contributed by atoms with van der Waals surface area (Å²) in [6, 6.07) is 19.1. The van der Waals surface area contributed by atoms with Gasteiger partial charge < -0.3 is 4.42 Å². The second-order valence-corrected chi connectivity index (χ2v) is 5.32. The Morgan fingerprint density at radius 1 is 0.778 bits per heavy atom. The largest absolute Gasteiger partial charge is 0.454 e. The molecule has 0 saturated heterocycles. The van der Waals surface area contributed by atoms with Crippen molar-refractivity contribution in [1.82, 2.24) is 0 Å². The Labute approximate surface area is 108 Å². The van der Waals surface area contributed by atoms with Gasteiger partial charge in [-0.1, -0.05) is 47.7 Å². The van der Waals surface area contributed by atoms with Crippen molar-refractivity contribution in [3.63, 3.8) is 0 Å². The molecule has 0 spiro atoms. The highest BCUT2D eigenvalue weighted by atomic mass is 32.1. The van der Waals surface area contributed by atoms with Crippen LogP contribution in [0.25, 0.3) is 31.5 Å². The van der Waals surface area contributed by atoms with Gasteiger partial charge in [0.2, 0.25) is 0 Å². The SMILES string of the molecule is c1ccc(-c2ccc3sc4occc4c3c2)cc1. The van der Waals surface area contributed by atoms with Gasteiger partial charge in [0.25, 0.3) is 0 Å². The molecule has 86 valence electrons. The summed E-state index contributed by atoms with van der Waals surface area (Å²) in [6.45, 7) is 0. The molecule has 0 bridgehead atoms. The molecule has 4 rings (SSSR count). The van der Waals surface area contributed by atoms with Gasteiger partial charge in [-0.15, -0.1) is 0 Å². The minimum atomic E-state index is 1.01. The fraction of sp³-hybridized carbons (Fsp3) is 0. The number of benzene rings is 2. The molecule has 0 unspecified atom stereocenters. The van der Waals surface area contributed by atoms with E-state index in [9.17, 15) is 0 Å². The lowest BCUT2D eigenvalue weighted by Crippen LogP contribution is -1.75. The van der Waals surface area contributed by atoms with Crippen molar-refractivity contribution in [2.45, 2.75) is 0 Å². The minimum Gasteiger partial charge on any atom is -0.454 e. The molecule has 18 heavy (non-hydrogen) atoms. The van der Waals surface area contributed by atoms with E-state index in [0.29, 0.717) is 0 Å². The first-order chi connectivity index (χ1) is 8.92. The van der Waals surface area contributed by atoms with E-state index in [-0.39, 0.29) is 0 Å². The summed E-state index contributed by atoms with van der Waals surface area (Å²) in [5.41, 5.74) is 2.51. The Morgan fingerprint density at radius 3 is 2.56 bits per heavy atom. The fourth-order valence-electron chi connectivity index (χ4n) is 2.31. The average molecular weight is 250 g/mol. The van der Waals surface area contributed by atoms with E-state index in [4.69, 9.17) is 4.42 Å². The van der Waals surface area contributed by atoms with Crippen LogP contribution >= 0.6 is 11.3 Å². The van der Waals surface area contributed by atoms with E-state index in [1.54, 1.807) is 17.6 Å². The third kappa shape index (κ3) is 1.39. The Balaban J connectivity index is 2.02. The highest BCUT2D eigenvalue weighted by molar-refractivity contribution is 7.25. The van der Waals surface area contributed by atoms with Crippen LogP contribution in [0.1, 0.15) is 0 Å². The van der Waals surface area contributed by atoms with Gasteiger partial charge in [0.15, 0.2) is 4.90 Å². The maximum absolute atomic E-state index is 5.47. The van der Waals surface area contributed by atoms with Gasteiger partial charge in [-0.25, -0.2) is 0 Å². The quantitative estimate of drug-likeness (QED) is 0.446. The summed E-state index contributed by atoms with van der Waals surface area (Å²) in [5, 5.41) is 2.50. The molecule has 2 aromatic carbocycles. The molecule has 2 heterocycles. The molecule has 4 aromatic rings. The highest BCUT2D eigenvalue weighted by Crippen LogP contribution is 2.36. The van der Waals surface area contributed by atoms with Crippen LogP contribution in [0, 0.1) is 0 Å². The van der Waals surface area contributed by atoms with Crippen molar-refractivity contribution in [3.8, 4) is 11.1 Å². The molecule has 0 fully saturated rings. The maximum Gasteiger partial charge on any atom is 0.188 e. The highest BCUT2D eigenvalue weighted by Gasteiger charge is 2.08. The predicted octanol–water partition coefficient (Wildman–Crippen LogP) is 5.31. The van der Waals surface area contributed by atoms with E-state index in [2.05, 4.69) is 42.5 Å². The van der Waals surface area contributed by atoms with Gasteiger partial charge in [-0.2, -0.15) is 0 Å². The van der Waals surface area contributed by atoms with Gasteiger partial charge in [0.05, 0.1) is 6.26 Å². The number of rotatable bonds is 1. The van der Waals surface area contributed by atoms with Crippen molar-refractivity contribution in [3.05, 3.63) is 60.9 Å². The molecule has 0 aliphatic rings. The molecule has 0 saturated carbocycles.